The van der Waals surface area contributed by atoms with Crippen LogP contribution >= 0.6 is 23.2 Å². The molecule has 0 spiro atoms. The molecule has 0 radical (unpaired) electrons. The molecule has 0 heterocycles. The molecule has 0 saturated heterocycles. The van der Waals surface area contributed by atoms with Gasteiger partial charge in [0.05, 0.1) is 0 Å². The molecule has 0 aliphatic heterocycles. The fraction of sp³-hybridized carbons (Fsp3) is 0.818. The van der Waals surface area contributed by atoms with Crippen LogP contribution in [0.2, 0.25) is 0 Å². The lowest BCUT2D eigenvalue weighted by atomic mass is 9.80. The molecule has 0 bridgehead atoms. The van der Waals surface area contributed by atoms with Gasteiger partial charge in [-0.15, -0.1) is 23.2 Å². The second-order valence-electron chi connectivity index (χ2n) is 4.91. The maximum Gasteiger partial charge on any atom is 0.127 e. The molecule has 2 aliphatic carbocycles. The third kappa shape index (κ3) is 1.18. The van der Waals surface area contributed by atoms with Crippen molar-refractivity contribution in [2.24, 2.45) is 17.3 Å². The summed E-state index contributed by atoms with van der Waals surface area (Å²) in [5, 5.41) is 0. The highest BCUT2D eigenvalue weighted by molar-refractivity contribution is 6.51. The second kappa shape index (κ2) is 2.67. The first-order valence-electron chi connectivity index (χ1n) is 4.93. The summed E-state index contributed by atoms with van der Waals surface area (Å²) in [5.74, 6) is 1.15. The van der Waals surface area contributed by atoms with Gasteiger partial charge in [0.2, 0.25) is 0 Å². The minimum absolute atomic E-state index is 0.196. The predicted octanol–water partition coefficient (Wildman–Crippen LogP) is 4.17. The lowest BCUT2D eigenvalue weighted by Gasteiger charge is -2.24. The van der Waals surface area contributed by atoms with E-state index in [4.69, 9.17) is 23.2 Å². The highest BCUT2D eigenvalue weighted by atomic mass is 35.5. The number of halogens is 2. The molecule has 0 unspecified atom stereocenters. The van der Waals surface area contributed by atoms with Gasteiger partial charge in [-0.3, -0.25) is 0 Å². The summed E-state index contributed by atoms with van der Waals surface area (Å²) in [6.45, 7) is 8.34. The van der Waals surface area contributed by atoms with Crippen molar-refractivity contribution in [3.05, 3.63) is 12.2 Å². The summed E-state index contributed by atoms with van der Waals surface area (Å²) in [4.78, 5) is 0. The quantitative estimate of drug-likeness (QED) is 0.458. The maximum atomic E-state index is 6.26. The van der Waals surface area contributed by atoms with Crippen LogP contribution in [0.1, 0.15) is 33.1 Å². The Bertz CT molecular complexity index is 257. The average molecular weight is 219 g/mol. The molecule has 0 aromatic carbocycles. The van der Waals surface area contributed by atoms with Crippen molar-refractivity contribution in [1.29, 1.82) is 0 Å². The number of rotatable bonds is 1. The molecule has 3 atom stereocenters. The van der Waals surface area contributed by atoms with Crippen LogP contribution in [-0.4, -0.2) is 4.33 Å². The molecule has 2 heteroatoms. The molecule has 0 amide bonds. The van der Waals surface area contributed by atoms with E-state index in [0.29, 0.717) is 11.8 Å². The molecule has 2 saturated carbocycles. The Hall–Kier alpha value is 0.320. The molecule has 74 valence electrons. The molecule has 2 fully saturated rings. The Morgan fingerprint density at radius 2 is 2.08 bits per heavy atom. The Kier molecular flexibility index (Phi) is 2.02. The van der Waals surface area contributed by atoms with Crippen molar-refractivity contribution in [3.63, 3.8) is 0 Å². The number of hydrogen-bond donors (Lipinski definition) is 0. The predicted molar refractivity (Wildman–Crippen MR) is 58.2 cm³/mol. The smallest absolute Gasteiger partial charge is 0.101 e. The number of alkyl halides is 2. The van der Waals surface area contributed by atoms with E-state index in [0.717, 1.165) is 12.8 Å². The van der Waals surface area contributed by atoms with Crippen LogP contribution in [0.15, 0.2) is 12.2 Å². The van der Waals surface area contributed by atoms with Gasteiger partial charge in [0, 0.05) is 11.3 Å². The van der Waals surface area contributed by atoms with Crippen LogP contribution in [0, 0.1) is 17.3 Å². The minimum Gasteiger partial charge on any atom is -0.101 e. The molecular weight excluding hydrogens is 203 g/mol. The van der Waals surface area contributed by atoms with Crippen molar-refractivity contribution >= 4 is 23.2 Å². The largest absolute Gasteiger partial charge is 0.127 e. The minimum atomic E-state index is -0.447. The lowest BCUT2D eigenvalue weighted by Crippen LogP contribution is -2.14. The summed E-state index contributed by atoms with van der Waals surface area (Å²) in [6, 6.07) is 0. The summed E-state index contributed by atoms with van der Waals surface area (Å²) in [5.41, 5.74) is 1.49. The van der Waals surface area contributed by atoms with Gasteiger partial charge in [-0.2, -0.15) is 0 Å². The third-order valence-corrected chi connectivity index (χ3v) is 5.50. The zero-order valence-corrected chi connectivity index (χ0v) is 9.75. The van der Waals surface area contributed by atoms with E-state index in [1.165, 1.54) is 12.0 Å². The van der Waals surface area contributed by atoms with E-state index in [9.17, 15) is 0 Å². The highest BCUT2D eigenvalue weighted by Gasteiger charge is 2.73. The molecule has 0 aromatic heterocycles. The van der Waals surface area contributed by atoms with Gasteiger partial charge in [0.25, 0.3) is 0 Å². The summed E-state index contributed by atoms with van der Waals surface area (Å²) in [7, 11) is 0. The van der Waals surface area contributed by atoms with Crippen LogP contribution in [-0.2, 0) is 0 Å². The summed E-state index contributed by atoms with van der Waals surface area (Å²) in [6.07, 6.45) is 3.50. The van der Waals surface area contributed by atoms with Gasteiger partial charge >= 0.3 is 0 Å². The molecule has 2 rings (SSSR count). The summed E-state index contributed by atoms with van der Waals surface area (Å²) >= 11 is 12.5. The molecule has 0 N–H and O–H groups in total. The van der Waals surface area contributed by atoms with Crippen LogP contribution < -0.4 is 0 Å². The van der Waals surface area contributed by atoms with E-state index in [-0.39, 0.29) is 5.41 Å². The molecule has 13 heavy (non-hydrogen) atoms. The summed E-state index contributed by atoms with van der Waals surface area (Å²) < 4.78 is -0.447. The Morgan fingerprint density at radius 1 is 1.46 bits per heavy atom. The van der Waals surface area contributed by atoms with E-state index in [1.807, 2.05) is 0 Å². The fourth-order valence-corrected chi connectivity index (χ4v) is 3.75. The monoisotopic (exact) mass is 218 g/mol. The van der Waals surface area contributed by atoms with Crippen molar-refractivity contribution in [2.45, 2.75) is 37.4 Å². The van der Waals surface area contributed by atoms with Crippen LogP contribution in [0.3, 0.4) is 0 Å². The topological polar surface area (TPSA) is 0 Å². The van der Waals surface area contributed by atoms with Gasteiger partial charge in [-0.05, 0) is 32.1 Å². The SMILES string of the molecule is C=C(C)[C@H]1CC[C@@]2(C)[C@@H](C1)C2(Cl)Cl. The normalized spacial score (nSPS) is 46.8. The van der Waals surface area contributed by atoms with Crippen molar-refractivity contribution in [2.75, 3.05) is 0 Å². The van der Waals surface area contributed by atoms with Gasteiger partial charge < -0.3 is 0 Å². The van der Waals surface area contributed by atoms with E-state index < -0.39 is 4.33 Å². The molecule has 0 aromatic rings. The van der Waals surface area contributed by atoms with Crippen LogP contribution in [0.5, 0.6) is 0 Å². The highest BCUT2D eigenvalue weighted by Crippen LogP contribution is 2.75. The Labute approximate surface area is 90.3 Å². The zero-order chi connectivity index (χ0) is 9.85. The third-order valence-electron chi connectivity index (χ3n) is 4.11. The molecule has 2 aliphatic rings. The van der Waals surface area contributed by atoms with Gasteiger partial charge in [0.15, 0.2) is 0 Å². The Balaban J connectivity index is 2.11. The standard InChI is InChI=1S/C11H16Cl2/c1-7(2)8-4-5-10(3)9(6-8)11(10,12)13/h8-9H,1,4-6H2,2-3H3/t8-,9+,10-/m0/s1. The second-order valence-corrected chi connectivity index (χ2v) is 6.30. The molecule has 0 nitrogen and oxygen atoms in total. The number of allylic oxidation sites excluding steroid dienone is 1. The van der Waals surface area contributed by atoms with Gasteiger partial charge in [0.1, 0.15) is 4.33 Å². The zero-order valence-electron chi connectivity index (χ0n) is 8.24. The first-order chi connectivity index (χ1) is 5.89. The average Bonchev–Trinajstić information content (AvgIpc) is 2.46. The first kappa shape index (κ1) is 9.86. The van der Waals surface area contributed by atoms with Gasteiger partial charge in [-0.25, -0.2) is 0 Å². The van der Waals surface area contributed by atoms with Crippen LogP contribution in [0.4, 0.5) is 0 Å². The fourth-order valence-electron chi connectivity index (χ4n) is 2.75. The van der Waals surface area contributed by atoms with E-state index in [1.54, 1.807) is 0 Å². The van der Waals surface area contributed by atoms with Crippen molar-refractivity contribution in [1.82, 2.24) is 0 Å². The van der Waals surface area contributed by atoms with E-state index in [2.05, 4.69) is 20.4 Å². The van der Waals surface area contributed by atoms with E-state index >= 15 is 0 Å². The number of hydrogen-bond acceptors (Lipinski definition) is 0. The van der Waals surface area contributed by atoms with Gasteiger partial charge in [-0.1, -0.05) is 19.1 Å². The lowest BCUT2D eigenvalue weighted by molar-refractivity contribution is 0.307. The Morgan fingerprint density at radius 3 is 2.54 bits per heavy atom. The van der Waals surface area contributed by atoms with Crippen molar-refractivity contribution in [3.8, 4) is 0 Å². The van der Waals surface area contributed by atoms with Crippen molar-refractivity contribution < 1.29 is 0 Å². The number of fused-ring (bicyclic) bond motifs is 1. The maximum absolute atomic E-state index is 6.26. The molecular formula is C11H16Cl2. The first-order valence-corrected chi connectivity index (χ1v) is 5.68. The van der Waals surface area contributed by atoms with Crippen LogP contribution in [0.25, 0.3) is 0 Å².